The van der Waals surface area contributed by atoms with Crippen LogP contribution in [0.25, 0.3) is 0 Å². The Morgan fingerprint density at radius 3 is 2.61 bits per heavy atom. The Kier molecular flexibility index (Phi) is 3.10. The van der Waals surface area contributed by atoms with E-state index in [1.165, 1.54) is 4.68 Å². The summed E-state index contributed by atoms with van der Waals surface area (Å²) in [4.78, 5) is 11.4. The minimum Gasteiger partial charge on any atom is -0.479 e. The molecule has 100 valence electrons. The summed E-state index contributed by atoms with van der Waals surface area (Å²) in [6.07, 6.45) is 2.01. The van der Waals surface area contributed by atoms with Gasteiger partial charge in [0.2, 0.25) is 0 Å². The molecule has 0 unspecified atom stereocenters. The molecular formula is C11H18N4O3. The second-order valence-electron chi connectivity index (χ2n) is 5.60. The number of carboxylic acid groups (broad SMARTS) is 1. The average Bonchev–Trinajstić information content (AvgIpc) is 2.60. The molecule has 0 aliphatic heterocycles. The van der Waals surface area contributed by atoms with Crippen molar-refractivity contribution in [2.75, 3.05) is 0 Å². The number of hydrogen-bond donors (Lipinski definition) is 1. The maximum absolute atomic E-state index is 11.4. The van der Waals surface area contributed by atoms with Gasteiger partial charge in [-0.25, -0.2) is 9.48 Å². The van der Waals surface area contributed by atoms with Crippen molar-refractivity contribution in [3.8, 4) is 0 Å². The monoisotopic (exact) mass is 254 g/mol. The molecule has 1 N–H and O–H groups in total. The highest BCUT2D eigenvalue weighted by Gasteiger charge is 2.49. The Morgan fingerprint density at radius 2 is 2.17 bits per heavy atom. The molecule has 0 radical (unpaired) electrons. The molecule has 1 aromatic rings. The SMILES string of the molecule is CC(C)(C)OCc1nnnn1C1(C(=O)O)CCC1. The van der Waals surface area contributed by atoms with Crippen LogP contribution in [0.5, 0.6) is 0 Å². The maximum Gasteiger partial charge on any atom is 0.331 e. The van der Waals surface area contributed by atoms with Gasteiger partial charge in [0.1, 0.15) is 6.61 Å². The molecule has 2 rings (SSSR count). The lowest BCUT2D eigenvalue weighted by Gasteiger charge is -2.37. The number of tetrazole rings is 1. The molecule has 1 aliphatic rings. The number of rotatable bonds is 4. The van der Waals surface area contributed by atoms with Crippen molar-refractivity contribution in [2.24, 2.45) is 0 Å². The third-order valence-corrected chi connectivity index (χ3v) is 3.15. The summed E-state index contributed by atoms with van der Waals surface area (Å²) in [6.45, 7) is 6.00. The predicted octanol–water partition coefficient (Wildman–Crippen LogP) is 0.952. The molecule has 0 spiro atoms. The van der Waals surface area contributed by atoms with Crippen molar-refractivity contribution < 1.29 is 14.6 Å². The third-order valence-electron chi connectivity index (χ3n) is 3.15. The van der Waals surface area contributed by atoms with E-state index in [2.05, 4.69) is 15.5 Å². The Bertz CT molecular complexity index is 445. The smallest absolute Gasteiger partial charge is 0.331 e. The van der Waals surface area contributed by atoms with E-state index in [1.54, 1.807) is 0 Å². The summed E-state index contributed by atoms with van der Waals surface area (Å²) in [6, 6.07) is 0. The fraction of sp³-hybridized carbons (Fsp3) is 0.818. The van der Waals surface area contributed by atoms with Crippen molar-refractivity contribution in [1.82, 2.24) is 20.2 Å². The molecule has 1 aromatic heterocycles. The molecule has 0 saturated heterocycles. The molecule has 1 fully saturated rings. The first-order chi connectivity index (χ1) is 8.35. The highest BCUT2D eigenvalue weighted by molar-refractivity contribution is 5.77. The molecule has 7 heteroatoms. The van der Waals surface area contributed by atoms with Gasteiger partial charge in [-0.1, -0.05) is 0 Å². The van der Waals surface area contributed by atoms with Crippen LogP contribution in [0.4, 0.5) is 0 Å². The van der Waals surface area contributed by atoms with E-state index < -0.39 is 11.5 Å². The first kappa shape index (κ1) is 12.9. The van der Waals surface area contributed by atoms with E-state index in [9.17, 15) is 9.90 Å². The molecular weight excluding hydrogens is 236 g/mol. The predicted molar refractivity (Wildman–Crippen MR) is 61.8 cm³/mol. The first-order valence-electron chi connectivity index (χ1n) is 6.00. The average molecular weight is 254 g/mol. The minimum absolute atomic E-state index is 0.214. The van der Waals surface area contributed by atoms with E-state index in [0.29, 0.717) is 18.7 Å². The second kappa shape index (κ2) is 4.31. The van der Waals surface area contributed by atoms with E-state index in [0.717, 1.165) is 6.42 Å². The first-order valence-corrected chi connectivity index (χ1v) is 6.00. The molecule has 1 aliphatic carbocycles. The van der Waals surface area contributed by atoms with Crippen LogP contribution in [0.3, 0.4) is 0 Å². The second-order valence-corrected chi connectivity index (χ2v) is 5.60. The van der Waals surface area contributed by atoms with Crippen LogP contribution in [0.15, 0.2) is 0 Å². The van der Waals surface area contributed by atoms with Crippen molar-refractivity contribution in [1.29, 1.82) is 0 Å². The summed E-state index contributed by atoms with van der Waals surface area (Å²) in [7, 11) is 0. The fourth-order valence-corrected chi connectivity index (χ4v) is 1.94. The molecule has 0 aromatic carbocycles. The molecule has 0 bridgehead atoms. The molecule has 18 heavy (non-hydrogen) atoms. The van der Waals surface area contributed by atoms with Gasteiger partial charge in [-0.2, -0.15) is 0 Å². The van der Waals surface area contributed by atoms with Crippen molar-refractivity contribution in [2.45, 2.75) is 57.8 Å². The molecule has 7 nitrogen and oxygen atoms in total. The summed E-state index contributed by atoms with van der Waals surface area (Å²) in [5.74, 6) is -0.412. The third kappa shape index (κ3) is 2.22. The van der Waals surface area contributed by atoms with Crippen LogP contribution >= 0.6 is 0 Å². The van der Waals surface area contributed by atoms with Gasteiger partial charge < -0.3 is 9.84 Å². The van der Waals surface area contributed by atoms with Gasteiger partial charge >= 0.3 is 5.97 Å². The maximum atomic E-state index is 11.4. The zero-order valence-electron chi connectivity index (χ0n) is 10.9. The van der Waals surface area contributed by atoms with Crippen LogP contribution in [0.1, 0.15) is 45.9 Å². The molecule has 1 saturated carbocycles. The zero-order valence-corrected chi connectivity index (χ0v) is 10.9. The van der Waals surface area contributed by atoms with Crippen LogP contribution < -0.4 is 0 Å². The van der Waals surface area contributed by atoms with Crippen molar-refractivity contribution in [3.63, 3.8) is 0 Å². The zero-order chi connectivity index (χ0) is 13.4. The van der Waals surface area contributed by atoms with Gasteiger partial charge in [0.25, 0.3) is 0 Å². The summed E-state index contributed by atoms with van der Waals surface area (Å²) < 4.78 is 7.01. The lowest BCUT2D eigenvalue weighted by Crippen LogP contribution is -2.49. The number of aliphatic carboxylic acids is 1. The summed E-state index contributed by atoms with van der Waals surface area (Å²) in [5, 5.41) is 20.6. The van der Waals surface area contributed by atoms with Crippen LogP contribution in [-0.2, 0) is 21.7 Å². The summed E-state index contributed by atoms with van der Waals surface area (Å²) >= 11 is 0. The number of aromatic nitrogens is 4. The van der Waals surface area contributed by atoms with Gasteiger partial charge in [-0.05, 0) is 50.5 Å². The van der Waals surface area contributed by atoms with E-state index in [-0.39, 0.29) is 12.2 Å². The van der Waals surface area contributed by atoms with Gasteiger partial charge in [0.05, 0.1) is 5.60 Å². The van der Waals surface area contributed by atoms with Crippen molar-refractivity contribution in [3.05, 3.63) is 5.82 Å². The van der Waals surface area contributed by atoms with Crippen LogP contribution in [0.2, 0.25) is 0 Å². The highest BCUT2D eigenvalue weighted by atomic mass is 16.5. The topological polar surface area (TPSA) is 90.1 Å². The normalized spacial score (nSPS) is 18.4. The lowest BCUT2D eigenvalue weighted by molar-refractivity contribution is -0.153. The Morgan fingerprint density at radius 1 is 1.50 bits per heavy atom. The Balaban J connectivity index is 2.20. The highest BCUT2D eigenvalue weighted by Crippen LogP contribution is 2.39. The molecule has 0 atom stereocenters. The lowest BCUT2D eigenvalue weighted by atomic mass is 9.77. The van der Waals surface area contributed by atoms with Crippen LogP contribution in [-0.4, -0.2) is 36.9 Å². The standard InChI is InChI=1S/C11H18N4O3/c1-10(2,3)18-7-8-12-13-14-15(8)11(9(16)17)5-4-6-11/h4-7H2,1-3H3,(H,16,17). The Labute approximate surface area is 105 Å². The van der Waals surface area contributed by atoms with Gasteiger partial charge in [0, 0.05) is 0 Å². The van der Waals surface area contributed by atoms with E-state index in [4.69, 9.17) is 4.74 Å². The van der Waals surface area contributed by atoms with Gasteiger partial charge in [0.15, 0.2) is 11.4 Å². The number of ether oxygens (including phenoxy) is 1. The van der Waals surface area contributed by atoms with Crippen LogP contribution in [0, 0.1) is 0 Å². The minimum atomic E-state index is -0.972. The fourth-order valence-electron chi connectivity index (χ4n) is 1.94. The van der Waals surface area contributed by atoms with Crippen molar-refractivity contribution >= 4 is 5.97 Å². The van der Waals surface area contributed by atoms with Gasteiger partial charge in [-0.3, -0.25) is 0 Å². The molecule has 1 heterocycles. The van der Waals surface area contributed by atoms with Gasteiger partial charge in [-0.15, -0.1) is 5.10 Å². The quantitative estimate of drug-likeness (QED) is 0.860. The largest absolute Gasteiger partial charge is 0.479 e. The van der Waals surface area contributed by atoms with E-state index in [1.807, 2.05) is 20.8 Å². The summed E-state index contributed by atoms with van der Waals surface area (Å²) in [5.41, 5.74) is -1.28. The number of carbonyl (C=O) groups is 1. The van der Waals surface area contributed by atoms with E-state index >= 15 is 0 Å². The Hall–Kier alpha value is -1.50. The number of hydrogen-bond acceptors (Lipinski definition) is 5. The molecule has 0 amide bonds. The number of nitrogens with zero attached hydrogens (tertiary/aromatic N) is 4. The number of carboxylic acids is 1.